The molecule has 0 radical (unpaired) electrons. The van der Waals surface area contributed by atoms with Crippen LogP contribution in [0.25, 0.3) is 21.5 Å². The number of hydrogen-bond donors (Lipinski definition) is 6. The third kappa shape index (κ3) is 8.78. The molecular weight excluding hydrogens is 823 g/mol. The number of amides is 1. The Balaban J connectivity index is 1.25. The van der Waals surface area contributed by atoms with E-state index in [0.29, 0.717) is 23.7 Å². The van der Waals surface area contributed by atoms with Gasteiger partial charge in [-0.3, -0.25) is 18.5 Å². The third-order valence-corrected chi connectivity index (χ3v) is 10.9. The van der Waals surface area contributed by atoms with Gasteiger partial charge in [-0.2, -0.15) is 40.6 Å². The van der Waals surface area contributed by atoms with Crippen LogP contribution in [0.2, 0.25) is 0 Å². The third-order valence-electron chi connectivity index (χ3n) is 8.26. The highest BCUT2D eigenvalue weighted by Gasteiger charge is 2.23. The molecule has 6 aromatic rings. The highest BCUT2D eigenvalue weighted by Crippen LogP contribution is 2.44. The summed E-state index contributed by atoms with van der Waals surface area (Å²) in [6.07, 6.45) is 0.406. The van der Waals surface area contributed by atoms with Gasteiger partial charge in [0.1, 0.15) is 38.4 Å². The lowest BCUT2D eigenvalue weighted by Crippen LogP contribution is -2.04. The Labute approximate surface area is 328 Å². The Hall–Kier alpha value is -6.76. The number of ether oxygens (including phenoxy) is 1. The summed E-state index contributed by atoms with van der Waals surface area (Å²) in [7, 11) is -13.3. The number of fused-ring (bicyclic) bond motifs is 2. The van der Waals surface area contributed by atoms with Crippen molar-refractivity contribution in [2.24, 2.45) is 30.7 Å². The van der Waals surface area contributed by atoms with Crippen molar-refractivity contribution in [3.8, 4) is 17.2 Å². The van der Waals surface area contributed by atoms with E-state index in [-0.39, 0.29) is 55.7 Å². The van der Waals surface area contributed by atoms with E-state index >= 15 is 0 Å². The van der Waals surface area contributed by atoms with Crippen LogP contribution >= 0.6 is 0 Å². The van der Waals surface area contributed by atoms with Crippen molar-refractivity contribution >= 4 is 98.1 Å². The van der Waals surface area contributed by atoms with E-state index in [4.69, 9.17) is 4.74 Å². The number of methoxy groups -OCH3 is 1. The molecule has 0 aliphatic carbocycles. The second-order valence-corrected chi connectivity index (χ2v) is 16.3. The molecule has 0 unspecified atom stereocenters. The molecule has 58 heavy (non-hydrogen) atoms. The number of rotatable bonds is 12. The van der Waals surface area contributed by atoms with Crippen LogP contribution in [0.4, 0.5) is 39.8 Å². The average molecular weight is 850 g/mol. The van der Waals surface area contributed by atoms with Crippen molar-refractivity contribution in [3.63, 3.8) is 0 Å². The number of benzene rings is 6. The van der Waals surface area contributed by atoms with E-state index in [0.717, 1.165) is 12.1 Å². The first-order chi connectivity index (χ1) is 27.3. The van der Waals surface area contributed by atoms with Gasteiger partial charge in [-0.15, -0.1) is 15.3 Å². The number of phenolic OH excluding ortho intramolecular Hbond substituents is 2. The molecule has 6 N–H and O–H groups in total. The SMILES string of the molecule is COc1cc(N=Nc2cc(O)c(N=Nc3c(S(=O)(=O)O)cc4cc(NC=O)ccc4c3O)cc2C)ccc1N=Nc1ccc2cc(S(=O)(=O)O)cc(S(=O)(=O)O)c2c1. The predicted octanol–water partition coefficient (Wildman–Crippen LogP) is 8.28. The van der Waals surface area contributed by atoms with Gasteiger partial charge in [-0.25, -0.2) is 0 Å². The summed E-state index contributed by atoms with van der Waals surface area (Å²) in [6, 6.07) is 17.9. The highest BCUT2D eigenvalue weighted by atomic mass is 32.2. The molecule has 0 aliphatic heterocycles. The van der Waals surface area contributed by atoms with E-state index in [1.165, 1.54) is 73.8 Å². The molecule has 298 valence electrons. The van der Waals surface area contributed by atoms with Crippen molar-refractivity contribution in [3.05, 3.63) is 90.5 Å². The van der Waals surface area contributed by atoms with Crippen LogP contribution in [-0.4, -0.2) is 62.6 Å². The number of carbonyl (C=O) groups excluding carboxylic acids is 1. The predicted molar refractivity (Wildman–Crippen MR) is 207 cm³/mol. The monoisotopic (exact) mass is 849 g/mol. The van der Waals surface area contributed by atoms with Gasteiger partial charge in [0.2, 0.25) is 6.41 Å². The zero-order valence-electron chi connectivity index (χ0n) is 29.6. The first-order valence-corrected chi connectivity index (χ1v) is 20.4. The molecule has 0 aliphatic rings. The second kappa shape index (κ2) is 15.6. The molecule has 0 heterocycles. The summed E-state index contributed by atoms with van der Waals surface area (Å²) in [5, 5.41) is 48.6. The molecule has 0 bridgehead atoms. The van der Waals surface area contributed by atoms with Gasteiger partial charge in [0, 0.05) is 28.6 Å². The van der Waals surface area contributed by atoms with Crippen LogP contribution in [-0.2, 0) is 35.1 Å². The van der Waals surface area contributed by atoms with Gasteiger partial charge in [0.05, 0.1) is 29.1 Å². The van der Waals surface area contributed by atoms with Crippen molar-refractivity contribution in [1.82, 2.24) is 0 Å². The minimum Gasteiger partial charge on any atom is -0.506 e. The fraction of sp³-hybridized carbons (Fsp3) is 0.0571. The first kappa shape index (κ1) is 40.9. The first-order valence-electron chi connectivity index (χ1n) is 16.0. The van der Waals surface area contributed by atoms with Crippen LogP contribution in [0.3, 0.4) is 0 Å². The lowest BCUT2D eigenvalue weighted by Gasteiger charge is -2.10. The Morgan fingerprint density at radius 2 is 1.26 bits per heavy atom. The van der Waals surface area contributed by atoms with Crippen molar-refractivity contribution < 1.29 is 58.7 Å². The summed E-state index contributed by atoms with van der Waals surface area (Å²) in [5.74, 6) is -0.906. The fourth-order valence-corrected chi connectivity index (χ4v) is 7.51. The topological polar surface area (TPSA) is 316 Å². The van der Waals surface area contributed by atoms with E-state index in [1.807, 2.05) is 0 Å². The van der Waals surface area contributed by atoms with E-state index < -0.39 is 62.2 Å². The summed E-state index contributed by atoms with van der Waals surface area (Å²) < 4.78 is 106. The number of phenols is 2. The zero-order valence-corrected chi connectivity index (χ0v) is 32.0. The lowest BCUT2D eigenvalue weighted by molar-refractivity contribution is -0.105. The summed E-state index contributed by atoms with van der Waals surface area (Å²) in [5.41, 5.74) is 0.743. The number of nitrogens with one attached hydrogen (secondary N) is 1. The largest absolute Gasteiger partial charge is 0.506 e. The van der Waals surface area contributed by atoms with Crippen molar-refractivity contribution in [1.29, 1.82) is 0 Å². The van der Waals surface area contributed by atoms with E-state index in [1.54, 1.807) is 6.92 Å². The Morgan fingerprint density at radius 3 is 1.91 bits per heavy atom. The minimum atomic E-state index is -4.94. The van der Waals surface area contributed by atoms with E-state index in [9.17, 15) is 53.9 Å². The molecule has 0 aromatic heterocycles. The van der Waals surface area contributed by atoms with Crippen LogP contribution < -0.4 is 10.1 Å². The maximum absolute atomic E-state index is 12.2. The number of nitrogens with zero attached hydrogens (tertiary/aromatic N) is 6. The molecule has 6 aromatic carbocycles. The molecule has 0 saturated heterocycles. The van der Waals surface area contributed by atoms with Gasteiger partial charge in [0.15, 0.2) is 5.75 Å². The average Bonchev–Trinajstić information content (AvgIpc) is 3.15. The van der Waals surface area contributed by atoms with Gasteiger partial charge < -0.3 is 20.3 Å². The maximum atomic E-state index is 12.2. The standard InChI is InChI=1S/C35H27N7O13S3/c1-18-9-29(41-42-34-33(58(52,53)54)12-20-10-21(36-17-43)5-7-25(20)35(34)45)30(44)16-28(18)40-38-23-6-8-27(31(14-23)55-2)39-37-22-4-3-19-11-24(56(46,47)48)15-32(26(19)13-22)57(49,50)51/h3-17,44-45H,1-2H3,(H,36,43)(H,46,47,48)(H,49,50,51)(H,52,53,54). The number of aryl methyl sites for hydroxylation is 1. The molecular formula is C35H27N7O13S3. The van der Waals surface area contributed by atoms with Gasteiger partial charge in [-0.05, 0) is 90.0 Å². The quantitative estimate of drug-likeness (QED) is 0.0384. The lowest BCUT2D eigenvalue weighted by atomic mass is 10.1. The van der Waals surface area contributed by atoms with Crippen LogP contribution in [0, 0.1) is 6.92 Å². The van der Waals surface area contributed by atoms with Gasteiger partial charge >= 0.3 is 0 Å². The van der Waals surface area contributed by atoms with Crippen molar-refractivity contribution in [2.75, 3.05) is 12.4 Å². The molecule has 23 heteroatoms. The number of aromatic hydroxyl groups is 2. The molecule has 0 saturated carbocycles. The van der Waals surface area contributed by atoms with Crippen molar-refractivity contribution in [2.45, 2.75) is 21.6 Å². The fourth-order valence-electron chi connectivity index (χ4n) is 5.51. The van der Waals surface area contributed by atoms with Gasteiger partial charge in [-0.1, -0.05) is 6.07 Å². The molecule has 20 nitrogen and oxygen atoms in total. The van der Waals surface area contributed by atoms with E-state index in [2.05, 4.69) is 36.0 Å². The van der Waals surface area contributed by atoms with Crippen LogP contribution in [0.1, 0.15) is 5.56 Å². The minimum absolute atomic E-state index is 0.0675. The zero-order chi connectivity index (χ0) is 42.2. The Bertz CT molecular complexity index is 3120. The maximum Gasteiger partial charge on any atom is 0.296 e. The number of carbonyl (C=O) groups is 1. The van der Waals surface area contributed by atoms with Crippen LogP contribution in [0.5, 0.6) is 17.2 Å². The molecule has 0 fully saturated rings. The highest BCUT2D eigenvalue weighted by molar-refractivity contribution is 7.87. The normalized spacial score (nSPS) is 12.6. The summed E-state index contributed by atoms with van der Waals surface area (Å²) in [4.78, 5) is 8.53. The number of hydrogen-bond acceptors (Lipinski definition) is 16. The van der Waals surface area contributed by atoms with Crippen LogP contribution in [0.15, 0.2) is 130 Å². The Kier molecular flexibility index (Phi) is 11.0. The number of azo groups is 3. The smallest absolute Gasteiger partial charge is 0.296 e. The summed E-state index contributed by atoms with van der Waals surface area (Å²) in [6.45, 7) is 1.61. The second-order valence-electron chi connectivity index (χ2n) is 12.1. The molecule has 6 rings (SSSR count). The molecule has 1 amide bonds. The Morgan fingerprint density at radius 1 is 0.603 bits per heavy atom. The number of anilines is 1. The molecule has 0 spiro atoms. The molecule has 0 atom stereocenters. The summed E-state index contributed by atoms with van der Waals surface area (Å²) >= 11 is 0. The van der Waals surface area contributed by atoms with Gasteiger partial charge in [0.25, 0.3) is 30.4 Å².